The number of fused-ring (bicyclic) bond motifs is 1. The fourth-order valence-electron chi connectivity index (χ4n) is 2.18. The summed E-state index contributed by atoms with van der Waals surface area (Å²) in [6.45, 7) is 8.56. The molecule has 0 saturated heterocycles. The maximum Gasteiger partial charge on any atom is 0.0991 e. The molecule has 0 bridgehead atoms. The van der Waals surface area contributed by atoms with Gasteiger partial charge in [0, 0.05) is 29.2 Å². The largest absolute Gasteiger partial charge is 0.347 e. The summed E-state index contributed by atoms with van der Waals surface area (Å²) in [4.78, 5) is 0. The summed E-state index contributed by atoms with van der Waals surface area (Å²) in [7, 11) is 0. The van der Waals surface area contributed by atoms with Crippen molar-refractivity contribution in [3.05, 3.63) is 36.0 Å². The second-order valence-corrected chi connectivity index (χ2v) is 5.92. The maximum atomic E-state index is 8.89. The third-order valence-corrected chi connectivity index (χ3v) is 3.13. The molecule has 100 valence electrons. The first kappa shape index (κ1) is 13.6. The average Bonchev–Trinajstić information content (AvgIpc) is 2.75. The molecule has 1 N–H and O–H groups in total. The minimum atomic E-state index is 0.181. The highest BCUT2D eigenvalue weighted by Gasteiger charge is 2.07. The molecule has 0 radical (unpaired) electrons. The van der Waals surface area contributed by atoms with E-state index in [4.69, 9.17) is 5.26 Å². The lowest BCUT2D eigenvalue weighted by Gasteiger charge is -2.20. The summed E-state index contributed by atoms with van der Waals surface area (Å²) < 4.78 is 2.25. The van der Waals surface area contributed by atoms with Crippen molar-refractivity contribution < 1.29 is 0 Å². The molecule has 0 unspecified atom stereocenters. The summed E-state index contributed by atoms with van der Waals surface area (Å²) in [6.07, 6.45) is 3.20. The number of nitrogens with zero attached hydrogens (tertiary/aromatic N) is 2. The highest BCUT2D eigenvalue weighted by atomic mass is 15.0. The SMILES string of the molecule is CC(C)(C)NCCCn1ccc2cc(C#N)ccc21. The normalized spacial score (nSPS) is 11.7. The second kappa shape index (κ2) is 5.46. The van der Waals surface area contributed by atoms with E-state index in [9.17, 15) is 0 Å². The van der Waals surface area contributed by atoms with E-state index in [2.05, 4.69) is 49.0 Å². The molecule has 1 heterocycles. The van der Waals surface area contributed by atoms with E-state index in [1.807, 2.05) is 18.2 Å². The van der Waals surface area contributed by atoms with Gasteiger partial charge in [0.05, 0.1) is 11.6 Å². The van der Waals surface area contributed by atoms with E-state index < -0.39 is 0 Å². The predicted octanol–water partition coefficient (Wildman–Crippen LogP) is 3.29. The Bertz CT molecular complexity index is 596. The monoisotopic (exact) mass is 255 g/mol. The highest BCUT2D eigenvalue weighted by Crippen LogP contribution is 2.17. The molecule has 0 amide bonds. The summed E-state index contributed by atoms with van der Waals surface area (Å²) >= 11 is 0. The number of benzene rings is 1. The number of aryl methyl sites for hydroxylation is 1. The van der Waals surface area contributed by atoms with Gasteiger partial charge >= 0.3 is 0 Å². The lowest BCUT2D eigenvalue weighted by Crippen LogP contribution is -2.36. The standard InChI is InChI=1S/C16H21N3/c1-16(2,3)18-8-4-9-19-10-7-14-11-13(12-17)5-6-15(14)19/h5-7,10-11,18H,4,8-9H2,1-3H3. The Hall–Kier alpha value is -1.79. The lowest BCUT2D eigenvalue weighted by atomic mass is 10.1. The van der Waals surface area contributed by atoms with Gasteiger partial charge in [-0.3, -0.25) is 0 Å². The van der Waals surface area contributed by atoms with Gasteiger partial charge in [-0.05, 0) is 58.0 Å². The zero-order valence-electron chi connectivity index (χ0n) is 11.9. The molecule has 19 heavy (non-hydrogen) atoms. The Morgan fingerprint density at radius 2 is 2.05 bits per heavy atom. The van der Waals surface area contributed by atoms with E-state index in [0.717, 1.165) is 30.5 Å². The van der Waals surface area contributed by atoms with E-state index in [1.54, 1.807) is 0 Å². The van der Waals surface area contributed by atoms with Crippen LogP contribution in [0, 0.1) is 11.3 Å². The molecule has 0 aliphatic rings. The summed E-state index contributed by atoms with van der Waals surface area (Å²) in [6, 6.07) is 10.1. The van der Waals surface area contributed by atoms with Crippen molar-refractivity contribution in [2.24, 2.45) is 0 Å². The van der Waals surface area contributed by atoms with Crippen LogP contribution in [-0.4, -0.2) is 16.7 Å². The van der Waals surface area contributed by atoms with Crippen LogP contribution in [0.4, 0.5) is 0 Å². The van der Waals surface area contributed by atoms with Gasteiger partial charge in [-0.25, -0.2) is 0 Å². The van der Waals surface area contributed by atoms with Gasteiger partial charge in [0.1, 0.15) is 0 Å². The smallest absolute Gasteiger partial charge is 0.0991 e. The van der Waals surface area contributed by atoms with E-state index >= 15 is 0 Å². The molecule has 3 heteroatoms. The topological polar surface area (TPSA) is 40.8 Å². The molecule has 3 nitrogen and oxygen atoms in total. The Balaban J connectivity index is 2.00. The average molecular weight is 255 g/mol. The van der Waals surface area contributed by atoms with Crippen molar-refractivity contribution in [2.75, 3.05) is 6.54 Å². The van der Waals surface area contributed by atoms with Gasteiger partial charge in [-0.15, -0.1) is 0 Å². The molecule has 1 aromatic heterocycles. The molecule has 2 rings (SSSR count). The molecule has 2 aromatic rings. The zero-order chi connectivity index (χ0) is 13.9. The Labute approximate surface area is 114 Å². The molecule has 0 saturated carbocycles. The summed E-state index contributed by atoms with van der Waals surface area (Å²) in [5.41, 5.74) is 2.11. The van der Waals surface area contributed by atoms with E-state index in [0.29, 0.717) is 0 Å². The van der Waals surface area contributed by atoms with Gasteiger partial charge < -0.3 is 9.88 Å². The van der Waals surface area contributed by atoms with Gasteiger partial charge in [0.15, 0.2) is 0 Å². The minimum Gasteiger partial charge on any atom is -0.347 e. The van der Waals surface area contributed by atoms with Crippen LogP contribution >= 0.6 is 0 Å². The summed E-state index contributed by atoms with van der Waals surface area (Å²) in [5.74, 6) is 0. The second-order valence-electron chi connectivity index (χ2n) is 5.92. The van der Waals surface area contributed by atoms with Crippen LogP contribution in [0.3, 0.4) is 0 Å². The number of rotatable bonds is 4. The molecule has 0 atom stereocenters. The molecule has 0 aliphatic carbocycles. The van der Waals surface area contributed by atoms with Crippen molar-refractivity contribution in [2.45, 2.75) is 39.3 Å². The van der Waals surface area contributed by atoms with Crippen molar-refractivity contribution in [3.63, 3.8) is 0 Å². The van der Waals surface area contributed by atoms with Gasteiger partial charge in [-0.1, -0.05) is 0 Å². The lowest BCUT2D eigenvalue weighted by molar-refractivity contribution is 0.414. The van der Waals surface area contributed by atoms with Crippen molar-refractivity contribution >= 4 is 10.9 Å². The van der Waals surface area contributed by atoms with Gasteiger partial charge in [0.25, 0.3) is 0 Å². The number of nitrogens with one attached hydrogen (secondary N) is 1. The first-order valence-corrected chi connectivity index (χ1v) is 6.74. The van der Waals surface area contributed by atoms with Crippen LogP contribution in [0.25, 0.3) is 10.9 Å². The number of hydrogen-bond acceptors (Lipinski definition) is 2. The van der Waals surface area contributed by atoms with Crippen LogP contribution in [0.2, 0.25) is 0 Å². The first-order chi connectivity index (χ1) is 8.99. The number of aromatic nitrogens is 1. The number of hydrogen-bond donors (Lipinski definition) is 1. The van der Waals surface area contributed by atoms with Gasteiger partial charge in [-0.2, -0.15) is 5.26 Å². The summed E-state index contributed by atoms with van der Waals surface area (Å²) in [5, 5.41) is 13.5. The van der Waals surface area contributed by atoms with E-state index in [-0.39, 0.29) is 5.54 Å². The van der Waals surface area contributed by atoms with Crippen molar-refractivity contribution in [3.8, 4) is 6.07 Å². The predicted molar refractivity (Wildman–Crippen MR) is 79.0 cm³/mol. The Morgan fingerprint density at radius 3 is 2.74 bits per heavy atom. The molecular weight excluding hydrogens is 234 g/mol. The first-order valence-electron chi connectivity index (χ1n) is 6.74. The fourth-order valence-corrected chi connectivity index (χ4v) is 2.18. The molecule has 1 aromatic carbocycles. The molecule has 0 fully saturated rings. The fraction of sp³-hybridized carbons (Fsp3) is 0.438. The van der Waals surface area contributed by atoms with E-state index in [1.165, 1.54) is 5.52 Å². The van der Waals surface area contributed by atoms with Crippen molar-refractivity contribution in [1.82, 2.24) is 9.88 Å². The van der Waals surface area contributed by atoms with Crippen LogP contribution in [-0.2, 0) is 6.54 Å². The zero-order valence-corrected chi connectivity index (χ0v) is 11.9. The number of nitriles is 1. The maximum absolute atomic E-state index is 8.89. The Morgan fingerprint density at radius 1 is 1.26 bits per heavy atom. The van der Waals surface area contributed by atoms with Crippen LogP contribution < -0.4 is 5.32 Å². The van der Waals surface area contributed by atoms with Crippen LogP contribution in [0.5, 0.6) is 0 Å². The third kappa shape index (κ3) is 3.59. The van der Waals surface area contributed by atoms with Crippen LogP contribution in [0.15, 0.2) is 30.5 Å². The van der Waals surface area contributed by atoms with Gasteiger partial charge in [0.2, 0.25) is 0 Å². The van der Waals surface area contributed by atoms with Crippen LogP contribution in [0.1, 0.15) is 32.8 Å². The molecule has 0 spiro atoms. The third-order valence-electron chi connectivity index (χ3n) is 3.13. The quantitative estimate of drug-likeness (QED) is 0.852. The minimum absolute atomic E-state index is 0.181. The molecule has 0 aliphatic heterocycles. The highest BCUT2D eigenvalue weighted by molar-refractivity contribution is 5.81. The van der Waals surface area contributed by atoms with Crippen molar-refractivity contribution in [1.29, 1.82) is 5.26 Å². The molecular formula is C16H21N3. The Kier molecular flexibility index (Phi) is 3.92.